The Bertz CT molecular complexity index is 333. The molecule has 0 bridgehead atoms. The molecule has 0 N–H and O–H groups in total. The van der Waals surface area contributed by atoms with Crippen molar-refractivity contribution in [1.29, 1.82) is 0 Å². The van der Waals surface area contributed by atoms with E-state index in [1.54, 1.807) is 11.8 Å². The highest BCUT2D eigenvalue weighted by atomic mass is 32.2. The van der Waals surface area contributed by atoms with Gasteiger partial charge in [-0.25, -0.2) is 0 Å². The highest BCUT2D eigenvalue weighted by Crippen LogP contribution is 2.19. The van der Waals surface area contributed by atoms with Crippen molar-refractivity contribution in [3.8, 4) is 0 Å². The Morgan fingerprint density at radius 2 is 2.07 bits per heavy atom. The molecule has 0 aliphatic heterocycles. The summed E-state index contributed by atoms with van der Waals surface area (Å²) in [6.07, 6.45) is 0. The minimum absolute atomic E-state index is 0.263. The van der Waals surface area contributed by atoms with Gasteiger partial charge in [0.05, 0.1) is 0 Å². The Balaban J connectivity index is 2.26. The fourth-order valence-corrected chi connectivity index (χ4v) is 1.75. The van der Waals surface area contributed by atoms with Crippen molar-refractivity contribution in [1.82, 2.24) is 0 Å². The van der Waals surface area contributed by atoms with Crippen LogP contribution in [0, 0.1) is 0 Å². The Morgan fingerprint density at radius 3 is 2.67 bits per heavy atom. The van der Waals surface area contributed by atoms with E-state index < -0.39 is 0 Å². The molecule has 1 rings (SSSR count). The van der Waals surface area contributed by atoms with E-state index in [0.29, 0.717) is 6.61 Å². The number of ether oxygens (including phenoxy) is 1. The van der Waals surface area contributed by atoms with Gasteiger partial charge in [-0.15, -0.1) is 11.8 Å². The number of benzene rings is 1. The molecule has 0 aromatic heterocycles. The maximum absolute atomic E-state index is 10.6. The lowest BCUT2D eigenvalue weighted by Crippen LogP contribution is -2.03. The van der Waals surface area contributed by atoms with Gasteiger partial charge in [0.1, 0.15) is 6.61 Å². The monoisotopic (exact) mass is 222 g/mol. The zero-order chi connectivity index (χ0) is 11.1. The smallest absolute Gasteiger partial charge is 0.302 e. The molecule has 80 valence electrons. The van der Waals surface area contributed by atoms with Gasteiger partial charge in [-0.3, -0.25) is 4.79 Å². The number of hydrogen-bond acceptors (Lipinski definition) is 3. The molecule has 1 aromatic rings. The molecule has 0 aliphatic rings. The minimum atomic E-state index is -0.263. The van der Waals surface area contributed by atoms with Gasteiger partial charge < -0.3 is 4.74 Å². The van der Waals surface area contributed by atoms with Gasteiger partial charge in [-0.1, -0.05) is 24.8 Å². The summed E-state index contributed by atoms with van der Waals surface area (Å²) >= 11 is 1.69. The summed E-state index contributed by atoms with van der Waals surface area (Å²) in [6, 6.07) is 10.1. The number of carbonyl (C=O) groups is 1. The van der Waals surface area contributed by atoms with Crippen molar-refractivity contribution in [2.24, 2.45) is 0 Å². The van der Waals surface area contributed by atoms with E-state index in [0.717, 1.165) is 11.3 Å². The van der Waals surface area contributed by atoms with Crippen molar-refractivity contribution >= 4 is 17.7 Å². The van der Waals surface area contributed by atoms with Crippen molar-refractivity contribution in [2.75, 3.05) is 12.4 Å². The summed E-state index contributed by atoms with van der Waals surface area (Å²) in [5.74, 6) is 0.512. The molecular formula is C12H14O2S. The molecule has 2 nitrogen and oxygen atoms in total. The highest BCUT2D eigenvalue weighted by molar-refractivity contribution is 7.99. The predicted octanol–water partition coefficient (Wildman–Crippen LogP) is 2.90. The molecule has 0 unspecified atom stereocenters. The second-order valence-electron chi connectivity index (χ2n) is 3.13. The van der Waals surface area contributed by atoms with Crippen molar-refractivity contribution in [3.05, 3.63) is 42.5 Å². The number of esters is 1. The van der Waals surface area contributed by atoms with Gasteiger partial charge in [0.15, 0.2) is 0 Å². The van der Waals surface area contributed by atoms with Crippen molar-refractivity contribution < 1.29 is 9.53 Å². The van der Waals surface area contributed by atoms with Crippen molar-refractivity contribution in [3.63, 3.8) is 0 Å². The summed E-state index contributed by atoms with van der Waals surface area (Å²) < 4.78 is 4.84. The average molecular weight is 222 g/mol. The fourth-order valence-electron chi connectivity index (χ4n) is 0.947. The number of carbonyl (C=O) groups excluding carboxylic acids is 1. The summed E-state index contributed by atoms with van der Waals surface area (Å²) in [7, 11) is 0. The predicted molar refractivity (Wildman–Crippen MR) is 62.9 cm³/mol. The molecule has 0 amide bonds. The zero-order valence-electron chi connectivity index (χ0n) is 8.73. The van der Waals surface area contributed by atoms with Crippen LogP contribution < -0.4 is 0 Å². The van der Waals surface area contributed by atoms with Gasteiger partial charge in [0.2, 0.25) is 0 Å². The Hall–Kier alpha value is -1.22. The standard InChI is InChI=1S/C12H14O2S/c1-10(8-14-11(2)13)9-15-12-6-4-3-5-7-12/h3-7H,1,8-9H2,2H3. The molecule has 0 heterocycles. The molecule has 0 saturated heterocycles. The summed E-state index contributed by atoms with van der Waals surface area (Å²) in [6.45, 7) is 5.56. The molecule has 1 aromatic carbocycles. The molecule has 0 radical (unpaired) electrons. The first-order valence-corrected chi connectivity index (χ1v) is 5.65. The third-order valence-corrected chi connectivity index (χ3v) is 2.82. The van der Waals surface area contributed by atoms with Gasteiger partial charge in [-0.05, 0) is 17.7 Å². The molecular weight excluding hydrogens is 208 g/mol. The Labute approximate surface area is 94.3 Å². The second kappa shape index (κ2) is 6.30. The third kappa shape index (κ3) is 5.27. The first-order chi connectivity index (χ1) is 7.18. The van der Waals surface area contributed by atoms with Gasteiger partial charge in [-0.2, -0.15) is 0 Å². The van der Waals surface area contributed by atoms with Crippen molar-refractivity contribution in [2.45, 2.75) is 11.8 Å². The van der Waals surface area contributed by atoms with E-state index in [1.807, 2.05) is 30.3 Å². The first kappa shape index (κ1) is 11.9. The van der Waals surface area contributed by atoms with Gasteiger partial charge in [0.25, 0.3) is 0 Å². The Morgan fingerprint density at radius 1 is 1.40 bits per heavy atom. The molecule has 0 aliphatic carbocycles. The fraction of sp³-hybridized carbons (Fsp3) is 0.250. The lowest BCUT2D eigenvalue weighted by molar-refractivity contribution is -0.139. The van der Waals surface area contributed by atoms with E-state index in [4.69, 9.17) is 4.74 Å². The first-order valence-electron chi connectivity index (χ1n) is 4.66. The molecule has 3 heteroatoms. The van der Waals surface area contributed by atoms with E-state index >= 15 is 0 Å². The van der Waals surface area contributed by atoms with Crippen LogP contribution in [0.15, 0.2) is 47.4 Å². The molecule has 0 fully saturated rings. The van der Waals surface area contributed by atoms with Crippen LogP contribution >= 0.6 is 11.8 Å². The quantitative estimate of drug-likeness (QED) is 0.435. The SMILES string of the molecule is C=C(COC(C)=O)CSc1ccccc1. The molecule has 0 atom stereocenters. The van der Waals surface area contributed by atoms with Crippen LogP contribution in [0.3, 0.4) is 0 Å². The normalized spacial score (nSPS) is 9.67. The maximum Gasteiger partial charge on any atom is 0.302 e. The summed E-state index contributed by atoms with van der Waals surface area (Å²) in [5, 5.41) is 0. The molecule has 15 heavy (non-hydrogen) atoms. The summed E-state index contributed by atoms with van der Waals surface area (Å²) in [4.78, 5) is 11.7. The largest absolute Gasteiger partial charge is 0.461 e. The van der Waals surface area contributed by atoms with Crippen LogP contribution in [0.4, 0.5) is 0 Å². The maximum atomic E-state index is 10.6. The Kier molecular flexibility index (Phi) is 4.98. The number of rotatable bonds is 5. The highest BCUT2D eigenvalue weighted by Gasteiger charge is 1.99. The lowest BCUT2D eigenvalue weighted by Gasteiger charge is -2.05. The lowest BCUT2D eigenvalue weighted by atomic mass is 10.4. The van der Waals surface area contributed by atoms with E-state index in [1.165, 1.54) is 11.8 Å². The number of hydrogen-bond donors (Lipinski definition) is 0. The van der Waals surface area contributed by atoms with Crippen LogP contribution in [0.2, 0.25) is 0 Å². The zero-order valence-corrected chi connectivity index (χ0v) is 9.55. The van der Waals surface area contributed by atoms with Crippen LogP contribution in [-0.2, 0) is 9.53 Å². The van der Waals surface area contributed by atoms with E-state index in [2.05, 4.69) is 6.58 Å². The second-order valence-corrected chi connectivity index (χ2v) is 4.18. The molecule has 0 spiro atoms. The van der Waals surface area contributed by atoms with Crippen LogP contribution in [0.25, 0.3) is 0 Å². The molecule has 0 saturated carbocycles. The van der Waals surface area contributed by atoms with Gasteiger partial charge in [0, 0.05) is 17.6 Å². The van der Waals surface area contributed by atoms with E-state index in [9.17, 15) is 4.79 Å². The third-order valence-electron chi connectivity index (χ3n) is 1.67. The van der Waals surface area contributed by atoms with Crippen LogP contribution in [0.1, 0.15) is 6.92 Å². The topological polar surface area (TPSA) is 26.3 Å². The minimum Gasteiger partial charge on any atom is -0.461 e. The summed E-state index contributed by atoms with van der Waals surface area (Å²) in [5.41, 5.74) is 0.916. The number of thioether (sulfide) groups is 1. The van der Waals surface area contributed by atoms with Crippen LogP contribution in [0.5, 0.6) is 0 Å². The average Bonchev–Trinajstić information content (AvgIpc) is 2.25. The van der Waals surface area contributed by atoms with Crippen LogP contribution in [-0.4, -0.2) is 18.3 Å². The van der Waals surface area contributed by atoms with Gasteiger partial charge >= 0.3 is 5.97 Å². The van der Waals surface area contributed by atoms with E-state index in [-0.39, 0.29) is 5.97 Å².